The zero-order chi connectivity index (χ0) is 25.0. The van der Waals surface area contributed by atoms with Crippen molar-refractivity contribution in [2.75, 3.05) is 7.11 Å². The minimum absolute atomic E-state index is 0.0249. The van der Waals surface area contributed by atoms with Gasteiger partial charge in [-0.1, -0.05) is 17.3 Å². The van der Waals surface area contributed by atoms with Crippen LogP contribution in [0.2, 0.25) is 0 Å². The number of benzene rings is 2. The Bertz CT molecular complexity index is 1380. The van der Waals surface area contributed by atoms with E-state index in [0.717, 1.165) is 15.2 Å². The maximum Gasteiger partial charge on any atom is 0.336 e. The Balaban J connectivity index is 2.21. The fraction of sp³-hybridized carbons (Fsp3) is 0.250. The van der Waals surface area contributed by atoms with Gasteiger partial charge in [-0.2, -0.15) is 0 Å². The van der Waals surface area contributed by atoms with Crippen molar-refractivity contribution in [2.45, 2.75) is 33.4 Å². The summed E-state index contributed by atoms with van der Waals surface area (Å²) in [5.41, 5.74) is -0.817. The van der Waals surface area contributed by atoms with E-state index in [-0.39, 0.29) is 28.7 Å². The summed E-state index contributed by atoms with van der Waals surface area (Å²) in [6, 6.07) is 10.2. The minimum atomic E-state index is -0.748. The molecule has 178 valence electrons. The highest BCUT2D eigenvalue weighted by Gasteiger charge is 2.20. The van der Waals surface area contributed by atoms with Crippen LogP contribution in [0.4, 0.5) is 4.39 Å². The SMILES string of the molecule is COc1ccc(F)cc1C(=O)Cn1cc(/C(C)=N/OC(C)C)c(=O)n(-c2ccccc2Br)c1=O. The van der Waals surface area contributed by atoms with Gasteiger partial charge in [0.2, 0.25) is 0 Å². The van der Waals surface area contributed by atoms with Crippen molar-refractivity contribution in [3.05, 3.63) is 90.9 Å². The molecule has 0 fully saturated rings. The second kappa shape index (κ2) is 10.6. The highest BCUT2D eigenvalue weighted by molar-refractivity contribution is 9.10. The van der Waals surface area contributed by atoms with Crippen molar-refractivity contribution in [3.63, 3.8) is 0 Å². The molecule has 0 spiro atoms. The third-order valence-corrected chi connectivity index (χ3v) is 5.49. The number of ketones is 1. The molecule has 0 aliphatic heterocycles. The Hall–Kier alpha value is -3.53. The smallest absolute Gasteiger partial charge is 0.336 e. The van der Waals surface area contributed by atoms with Gasteiger partial charge in [0.1, 0.15) is 17.7 Å². The van der Waals surface area contributed by atoms with E-state index in [1.165, 1.54) is 25.4 Å². The quantitative estimate of drug-likeness (QED) is 0.249. The largest absolute Gasteiger partial charge is 0.496 e. The molecule has 8 nitrogen and oxygen atoms in total. The van der Waals surface area contributed by atoms with Gasteiger partial charge in [-0.15, -0.1) is 0 Å². The average molecular weight is 532 g/mol. The molecule has 0 saturated heterocycles. The van der Waals surface area contributed by atoms with Crippen LogP contribution < -0.4 is 16.0 Å². The Kier molecular flexibility index (Phi) is 7.83. The van der Waals surface area contributed by atoms with E-state index in [2.05, 4.69) is 21.1 Å². The molecule has 10 heteroatoms. The molecular weight excluding hydrogens is 509 g/mol. The number of carbonyl (C=O) groups is 1. The molecule has 0 N–H and O–H groups in total. The second-order valence-electron chi connectivity index (χ2n) is 7.64. The van der Waals surface area contributed by atoms with Crippen molar-refractivity contribution in [2.24, 2.45) is 5.16 Å². The van der Waals surface area contributed by atoms with Crippen LogP contribution in [0.5, 0.6) is 5.75 Å². The molecule has 2 aromatic carbocycles. The molecular formula is C24H23BrFN3O5. The number of carbonyl (C=O) groups excluding carboxylic acids is 1. The fourth-order valence-electron chi connectivity index (χ4n) is 3.18. The third kappa shape index (κ3) is 5.33. The van der Waals surface area contributed by atoms with Crippen LogP contribution in [0.25, 0.3) is 5.69 Å². The van der Waals surface area contributed by atoms with Crippen LogP contribution in [0.15, 0.2) is 67.9 Å². The summed E-state index contributed by atoms with van der Waals surface area (Å²) in [4.78, 5) is 45.0. The first-order chi connectivity index (χ1) is 16.1. The molecule has 0 bridgehead atoms. The first-order valence-electron chi connectivity index (χ1n) is 10.3. The van der Waals surface area contributed by atoms with Gasteiger partial charge in [-0.05, 0) is 67.0 Å². The maximum atomic E-state index is 13.8. The Morgan fingerprint density at radius 3 is 2.50 bits per heavy atom. The van der Waals surface area contributed by atoms with Gasteiger partial charge < -0.3 is 9.57 Å². The van der Waals surface area contributed by atoms with Crippen molar-refractivity contribution in [3.8, 4) is 11.4 Å². The molecule has 0 radical (unpaired) electrons. The maximum absolute atomic E-state index is 13.8. The molecule has 0 aliphatic carbocycles. The van der Waals surface area contributed by atoms with Gasteiger partial charge in [-0.25, -0.2) is 13.8 Å². The lowest BCUT2D eigenvalue weighted by Crippen LogP contribution is -2.42. The molecule has 0 unspecified atom stereocenters. The number of nitrogens with zero attached hydrogens (tertiary/aromatic N) is 3. The lowest BCUT2D eigenvalue weighted by Gasteiger charge is -2.15. The summed E-state index contributed by atoms with van der Waals surface area (Å²) in [6.07, 6.45) is 1.03. The van der Waals surface area contributed by atoms with Gasteiger partial charge >= 0.3 is 5.69 Å². The standard InChI is InChI=1S/C24H23BrFN3O5/c1-14(2)34-27-15(3)18-12-28(13-21(30)17-11-16(26)9-10-22(17)33-4)24(32)29(23(18)31)20-8-6-5-7-19(20)25/h5-12,14H,13H2,1-4H3/b27-15+. The number of Topliss-reactive ketones (excluding diaryl/α,β-unsaturated/α-hetero) is 1. The number of oxime groups is 1. The van der Waals surface area contributed by atoms with Crippen molar-refractivity contribution in [1.82, 2.24) is 9.13 Å². The summed E-state index contributed by atoms with van der Waals surface area (Å²) in [6.45, 7) is 4.66. The summed E-state index contributed by atoms with van der Waals surface area (Å²) in [7, 11) is 1.36. The van der Waals surface area contributed by atoms with E-state index in [1.54, 1.807) is 45.0 Å². The van der Waals surface area contributed by atoms with Gasteiger partial charge in [0.25, 0.3) is 5.56 Å². The van der Waals surface area contributed by atoms with Crippen molar-refractivity contribution in [1.29, 1.82) is 0 Å². The summed E-state index contributed by atoms with van der Waals surface area (Å²) >= 11 is 3.36. The average Bonchev–Trinajstić information content (AvgIpc) is 2.80. The molecule has 0 amide bonds. The number of rotatable bonds is 8. The Morgan fingerprint density at radius 2 is 1.85 bits per heavy atom. The highest BCUT2D eigenvalue weighted by atomic mass is 79.9. The zero-order valence-electron chi connectivity index (χ0n) is 19.0. The monoisotopic (exact) mass is 531 g/mol. The minimum Gasteiger partial charge on any atom is -0.496 e. The number of hydrogen-bond donors (Lipinski definition) is 0. The first kappa shape index (κ1) is 25.1. The summed E-state index contributed by atoms with van der Waals surface area (Å²) in [5.74, 6) is -1.03. The van der Waals surface area contributed by atoms with Crippen LogP contribution in [0, 0.1) is 5.82 Å². The van der Waals surface area contributed by atoms with Crippen LogP contribution in [-0.4, -0.2) is 33.8 Å². The summed E-state index contributed by atoms with van der Waals surface area (Å²) in [5, 5.41) is 3.98. The predicted octanol–water partition coefficient (Wildman–Crippen LogP) is 3.94. The normalized spacial score (nSPS) is 11.6. The van der Waals surface area contributed by atoms with Gasteiger partial charge in [-0.3, -0.25) is 14.2 Å². The number of halogens is 2. The van der Waals surface area contributed by atoms with Crippen LogP contribution in [-0.2, 0) is 11.4 Å². The van der Waals surface area contributed by atoms with E-state index >= 15 is 0 Å². The first-order valence-corrected chi connectivity index (χ1v) is 11.1. The number of methoxy groups -OCH3 is 1. The number of aromatic nitrogens is 2. The van der Waals surface area contributed by atoms with E-state index in [4.69, 9.17) is 9.57 Å². The van der Waals surface area contributed by atoms with Gasteiger partial charge in [0.05, 0.1) is 36.2 Å². The third-order valence-electron chi connectivity index (χ3n) is 4.81. The van der Waals surface area contributed by atoms with E-state index < -0.39 is 29.4 Å². The summed E-state index contributed by atoms with van der Waals surface area (Å²) < 4.78 is 21.5. The Labute approximate surface area is 203 Å². The van der Waals surface area contributed by atoms with E-state index in [1.807, 2.05) is 0 Å². The molecule has 0 atom stereocenters. The highest BCUT2D eigenvalue weighted by Crippen LogP contribution is 2.21. The molecule has 0 aliphatic rings. The molecule has 3 rings (SSSR count). The van der Waals surface area contributed by atoms with Crippen LogP contribution >= 0.6 is 15.9 Å². The van der Waals surface area contributed by atoms with Crippen molar-refractivity contribution < 1.29 is 18.8 Å². The molecule has 1 aromatic heterocycles. The number of ether oxygens (including phenoxy) is 1. The zero-order valence-corrected chi connectivity index (χ0v) is 20.6. The van der Waals surface area contributed by atoms with E-state index in [9.17, 15) is 18.8 Å². The van der Waals surface area contributed by atoms with E-state index in [0.29, 0.717) is 10.2 Å². The molecule has 34 heavy (non-hydrogen) atoms. The van der Waals surface area contributed by atoms with Gasteiger partial charge in [0, 0.05) is 10.7 Å². The number of hydrogen-bond acceptors (Lipinski definition) is 6. The fourth-order valence-corrected chi connectivity index (χ4v) is 3.64. The predicted molar refractivity (Wildman–Crippen MR) is 130 cm³/mol. The van der Waals surface area contributed by atoms with Gasteiger partial charge in [0.15, 0.2) is 5.78 Å². The van der Waals surface area contributed by atoms with Crippen molar-refractivity contribution >= 4 is 27.4 Å². The lowest BCUT2D eigenvalue weighted by atomic mass is 10.1. The van der Waals surface area contributed by atoms with Crippen LogP contribution in [0.3, 0.4) is 0 Å². The topological polar surface area (TPSA) is 91.9 Å². The lowest BCUT2D eigenvalue weighted by molar-refractivity contribution is 0.0860. The molecule has 1 heterocycles. The Morgan fingerprint density at radius 1 is 1.15 bits per heavy atom. The molecule has 3 aromatic rings. The second-order valence-corrected chi connectivity index (χ2v) is 8.50. The van der Waals surface area contributed by atoms with Crippen LogP contribution in [0.1, 0.15) is 36.7 Å². The molecule has 0 saturated carbocycles. The number of para-hydroxylation sites is 1.